The molecule has 2 aromatic carbocycles. The van der Waals surface area contributed by atoms with Gasteiger partial charge in [0.05, 0.1) is 11.1 Å². The van der Waals surface area contributed by atoms with E-state index in [9.17, 15) is 9.59 Å². The Bertz CT molecular complexity index is 821. The maximum Gasteiger partial charge on any atom is 0.338 e. The van der Waals surface area contributed by atoms with Crippen molar-refractivity contribution < 1.29 is 19.1 Å². The third-order valence-electron chi connectivity index (χ3n) is 6.49. The van der Waals surface area contributed by atoms with Gasteiger partial charge in [-0.2, -0.15) is 0 Å². The van der Waals surface area contributed by atoms with Crippen LogP contribution in [-0.4, -0.2) is 24.1 Å². The van der Waals surface area contributed by atoms with Crippen LogP contribution in [0.2, 0.25) is 0 Å². The number of unbranched alkanes of at least 4 members (excludes halogenated alkanes) is 2. The van der Waals surface area contributed by atoms with E-state index in [2.05, 4.69) is 13.8 Å². The molecule has 2 unspecified atom stereocenters. The van der Waals surface area contributed by atoms with E-state index in [0.717, 1.165) is 38.5 Å². The monoisotopic (exact) mass is 480 g/mol. The highest BCUT2D eigenvalue weighted by molar-refractivity contribution is 5.90. The van der Waals surface area contributed by atoms with Gasteiger partial charge in [0.15, 0.2) is 0 Å². The Morgan fingerprint density at radius 3 is 1.26 bits per heavy atom. The number of hydrogen-bond acceptors (Lipinski definition) is 4. The Labute approximate surface area is 212 Å². The highest BCUT2D eigenvalue weighted by Crippen LogP contribution is 2.23. The molecule has 0 bridgehead atoms. The van der Waals surface area contributed by atoms with Gasteiger partial charge < -0.3 is 9.47 Å². The first-order valence-electron chi connectivity index (χ1n) is 13.3. The summed E-state index contributed by atoms with van der Waals surface area (Å²) in [6, 6.07) is 15.4. The highest BCUT2D eigenvalue weighted by atomic mass is 16.6. The second kappa shape index (κ2) is 14.7. The quantitative estimate of drug-likeness (QED) is 0.259. The number of benzene rings is 2. The van der Waals surface area contributed by atoms with Crippen LogP contribution >= 0.6 is 0 Å². The lowest BCUT2D eigenvalue weighted by molar-refractivity contribution is -0.0219. The fraction of sp³-hybridized carbons (Fsp3) is 0.548. The number of hydrogen-bond donors (Lipinski definition) is 0. The number of rotatable bonds is 14. The smallest absolute Gasteiger partial charge is 0.338 e. The molecule has 0 aliphatic rings. The zero-order chi connectivity index (χ0) is 25.8. The van der Waals surface area contributed by atoms with E-state index in [1.165, 1.54) is 11.1 Å². The van der Waals surface area contributed by atoms with Gasteiger partial charge in [0.1, 0.15) is 12.2 Å². The second-order valence-corrected chi connectivity index (χ2v) is 10.2. The summed E-state index contributed by atoms with van der Waals surface area (Å²) >= 11 is 0. The summed E-state index contributed by atoms with van der Waals surface area (Å²) in [5, 5.41) is 0. The average Bonchev–Trinajstić information content (AvgIpc) is 2.85. The minimum atomic E-state index is -0.348. The van der Waals surface area contributed by atoms with E-state index in [4.69, 9.17) is 9.47 Å². The molecule has 2 atom stereocenters. The molecule has 4 heteroatoms. The fourth-order valence-corrected chi connectivity index (χ4v) is 3.93. The lowest BCUT2D eigenvalue weighted by Crippen LogP contribution is -2.33. The molecule has 0 heterocycles. The van der Waals surface area contributed by atoms with Gasteiger partial charge >= 0.3 is 11.9 Å². The summed E-state index contributed by atoms with van der Waals surface area (Å²) in [6.07, 6.45) is 6.37. The predicted molar refractivity (Wildman–Crippen MR) is 143 cm³/mol. The van der Waals surface area contributed by atoms with Crippen molar-refractivity contribution in [2.24, 2.45) is 11.8 Å². The van der Waals surface area contributed by atoms with Gasteiger partial charge in [0.2, 0.25) is 0 Å². The molecule has 2 aromatic rings. The standard InChI is InChI=1S/C31H44O4/c1-7-9-11-24-13-17-26(18-14-24)30(32)34-28(22(3)4)21-29(23(5)6)35-31(33)27-19-15-25(16-20-27)12-10-8-2/h13-20,22-23,28-29H,7-12,21H2,1-6H3. The minimum Gasteiger partial charge on any atom is -0.458 e. The van der Waals surface area contributed by atoms with Gasteiger partial charge in [-0.15, -0.1) is 0 Å². The molecule has 0 aliphatic heterocycles. The van der Waals surface area contributed by atoms with Crippen molar-refractivity contribution in [1.82, 2.24) is 0 Å². The Morgan fingerprint density at radius 1 is 0.629 bits per heavy atom. The van der Waals surface area contributed by atoms with Crippen LogP contribution in [0.5, 0.6) is 0 Å². The number of aryl methyl sites for hydroxylation is 2. The van der Waals surface area contributed by atoms with Crippen LogP contribution in [0.1, 0.15) is 105 Å². The number of carbonyl (C=O) groups is 2. The summed E-state index contributed by atoms with van der Waals surface area (Å²) < 4.78 is 11.8. The van der Waals surface area contributed by atoms with E-state index < -0.39 is 0 Å². The van der Waals surface area contributed by atoms with Crippen LogP contribution < -0.4 is 0 Å². The fourth-order valence-electron chi connectivity index (χ4n) is 3.93. The van der Waals surface area contributed by atoms with Crippen molar-refractivity contribution in [2.45, 2.75) is 98.7 Å². The zero-order valence-corrected chi connectivity index (χ0v) is 22.5. The third-order valence-corrected chi connectivity index (χ3v) is 6.49. The molecule has 0 fully saturated rings. The summed E-state index contributed by atoms with van der Waals surface area (Å²) in [5.41, 5.74) is 3.57. The molecular formula is C31H44O4. The van der Waals surface area contributed by atoms with Crippen LogP contribution in [-0.2, 0) is 22.3 Å². The summed E-state index contributed by atoms with van der Waals surface area (Å²) in [6.45, 7) is 12.5. The summed E-state index contributed by atoms with van der Waals surface area (Å²) in [4.78, 5) is 25.7. The molecule has 35 heavy (non-hydrogen) atoms. The third kappa shape index (κ3) is 9.51. The number of carbonyl (C=O) groups excluding carboxylic acids is 2. The number of esters is 2. The van der Waals surface area contributed by atoms with Gasteiger partial charge in [-0.05, 0) is 72.9 Å². The molecule has 0 saturated heterocycles. The highest BCUT2D eigenvalue weighted by Gasteiger charge is 2.28. The van der Waals surface area contributed by atoms with Crippen molar-refractivity contribution in [3.63, 3.8) is 0 Å². The molecule has 0 aliphatic carbocycles. The molecular weight excluding hydrogens is 436 g/mol. The topological polar surface area (TPSA) is 52.6 Å². The van der Waals surface area contributed by atoms with Crippen molar-refractivity contribution in [1.29, 1.82) is 0 Å². The van der Waals surface area contributed by atoms with E-state index >= 15 is 0 Å². The number of ether oxygens (including phenoxy) is 2. The van der Waals surface area contributed by atoms with Gasteiger partial charge in [-0.1, -0.05) is 78.6 Å². The summed E-state index contributed by atoms with van der Waals surface area (Å²) in [5.74, 6) is -0.467. The molecule has 0 radical (unpaired) electrons. The molecule has 2 rings (SSSR count). The Hall–Kier alpha value is -2.62. The van der Waals surface area contributed by atoms with E-state index in [1.54, 1.807) is 0 Å². The van der Waals surface area contributed by atoms with Crippen LogP contribution in [0.15, 0.2) is 48.5 Å². The first-order chi connectivity index (χ1) is 16.7. The van der Waals surface area contributed by atoms with Crippen LogP contribution in [0.4, 0.5) is 0 Å². The minimum absolute atomic E-state index is 0.0978. The van der Waals surface area contributed by atoms with Crippen molar-refractivity contribution in [3.05, 3.63) is 70.8 Å². The van der Waals surface area contributed by atoms with Crippen LogP contribution in [0.3, 0.4) is 0 Å². The first-order valence-corrected chi connectivity index (χ1v) is 13.3. The SMILES string of the molecule is CCCCc1ccc(C(=O)OC(CC(OC(=O)c2ccc(CCCC)cc2)C(C)C)C(C)C)cc1. The zero-order valence-electron chi connectivity index (χ0n) is 22.5. The Morgan fingerprint density at radius 2 is 0.971 bits per heavy atom. The molecule has 4 nitrogen and oxygen atoms in total. The van der Waals surface area contributed by atoms with Gasteiger partial charge in [0, 0.05) is 6.42 Å². The van der Waals surface area contributed by atoms with Crippen molar-refractivity contribution in [2.75, 3.05) is 0 Å². The van der Waals surface area contributed by atoms with Crippen LogP contribution in [0, 0.1) is 11.8 Å². The molecule has 0 amide bonds. The Kier molecular flexibility index (Phi) is 12.0. The van der Waals surface area contributed by atoms with E-state index in [-0.39, 0.29) is 36.0 Å². The molecule has 192 valence electrons. The normalized spacial score (nSPS) is 13.0. The second-order valence-electron chi connectivity index (χ2n) is 10.2. The lowest BCUT2D eigenvalue weighted by atomic mass is 9.94. The maximum atomic E-state index is 12.9. The first kappa shape index (κ1) is 28.6. The predicted octanol–water partition coefficient (Wildman–Crippen LogP) is 7.82. The van der Waals surface area contributed by atoms with Crippen molar-refractivity contribution in [3.8, 4) is 0 Å². The average molecular weight is 481 g/mol. The van der Waals surface area contributed by atoms with Gasteiger partial charge in [0.25, 0.3) is 0 Å². The molecule has 0 saturated carbocycles. The Balaban J connectivity index is 2.02. The molecule has 0 aromatic heterocycles. The molecule has 0 spiro atoms. The van der Waals surface area contributed by atoms with Crippen molar-refractivity contribution >= 4 is 11.9 Å². The summed E-state index contributed by atoms with van der Waals surface area (Å²) in [7, 11) is 0. The van der Waals surface area contributed by atoms with Gasteiger partial charge in [-0.25, -0.2) is 9.59 Å². The van der Waals surface area contributed by atoms with E-state index in [1.807, 2.05) is 76.2 Å². The maximum absolute atomic E-state index is 12.9. The lowest BCUT2D eigenvalue weighted by Gasteiger charge is -2.28. The van der Waals surface area contributed by atoms with Gasteiger partial charge in [-0.3, -0.25) is 0 Å². The van der Waals surface area contributed by atoms with Crippen LogP contribution in [0.25, 0.3) is 0 Å². The molecule has 0 N–H and O–H groups in total. The van der Waals surface area contributed by atoms with E-state index in [0.29, 0.717) is 17.5 Å². The largest absolute Gasteiger partial charge is 0.458 e.